The van der Waals surface area contributed by atoms with Crippen LogP contribution in [0.15, 0.2) is 59.8 Å². The van der Waals surface area contributed by atoms with Crippen LogP contribution in [0.1, 0.15) is 39.3 Å². The number of halogens is 1. The maximum atomic E-state index is 13.2. The maximum Gasteiger partial charge on any atom is 0.269 e. The Hall–Kier alpha value is -3.26. The molecule has 0 aliphatic carbocycles. The van der Waals surface area contributed by atoms with Crippen LogP contribution in [0.5, 0.6) is 0 Å². The van der Waals surface area contributed by atoms with Crippen LogP contribution >= 0.6 is 11.8 Å². The second-order valence-electron chi connectivity index (χ2n) is 7.05. The van der Waals surface area contributed by atoms with Crippen molar-refractivity contribution in [3.8, 4) is 0 Å². The Morgan fingerprint density at radius 1 is 0.935 bits per heavy atom. The SMILES string of the molecule is Cc1cc(C)nc(SCc2ccc(C(=O)NNC(=O)CCc3cccc(F)c3)cc2)n1. The van der Waals surface area contributed by atoms with E-state index in [1.165, 1.54) is 23.9 Å². The molecule has 1 aromatic heterocycles. The summed E-state index contributed by atoms with van der Waals surface area (Å²) < 4.78 is 13.2. The molecule has 0 aliphatic heterocycles. The topological polar surface area (TPSA) is 84.0 Å². The van der Waals surface area contributed by atoms with Gasteiger partial charge in [0.05, 0.1) is 0 Å². The van der Waals surface area contributed by atoms with Gasteiger partial charge in [0.25, 0.3) is 5.91 Å². The highest BCUT2D eigenvalue weighted by Gasteiger charge is 2.09. The van der Waals surface area contributed by atoms with E-state index in [-0.39, 0.29) is 18.1 Å². The molecule has 0 radical (unpaired) electrons. The number of hydrogen-bond donors (Lipinski definition) is 2. The second-order valence-corrected chi connectivity index (χ2v) is 7.99. The molecule has 0 fully saturated rings. The lowest BCUT2D eigenvalue weighted by Crippen LogP contribution is -2.41. The fourth-order valence-electron chi connectivity index (χ4n) is 2.87. The van der Waals surface area contributed by atoms with Crippen molar-refractivity contribution in [1.29, 1.82) is 0 Å². The lowest BCUT2D eigenvalue weighted by Gasteiger charge is -2.08. The van der Waals surface area contributed by atoms with Crippen LogP contribution in [0.25, 0.3) is 0 Å². The fraction of sp³-hybridized carbons (Fsp3) is 0.217. The van der Waals surface area contributed by atoms with E-state index >= 15 is 0 Å². The monoisotopic (exact) mass is 438 g/mol. The molecule has 0 atom stereocenters. The van der Waals surface area contributed by atoms with E-state index < -0.39 is 5.91 Å². The van der Waals surface area contributed by atoms with Crippen LogP contribution in [0.2, 0.25) is 0 Å². The van der Waals surface area contributed by atoms with Gasteiger partial charge in [-0.05, 0) is 61.7 Å². The molecule has 8 heteroatoms. The molecule has 0 unspecified atom stereocenters. The summed E-state index contributed by atoms with van der Waals surface area (Å²) in [5.74, 6) is -0.411. The van der Waals surface area contributed by atoms with Gasteiger partial charge in [0.2, 0.25) is 5.91 Å². The molecule has 0 spiro atoms. The average molecular weight is 439 g/mol. The third kappa shape index (κ3) is 7.18. The number of thioether (sulfide) groups is 1. The number of amides is 2. The summed E-state index contributed by atoms with van der Waals surface area (Å²) in [5.41, 5.74) is 8.83. The van der Waals surface area contributed by atoms with Gasteiger partial charge in [0, 0.05) is 29.1 Å². The molecule has 160 valence electrons. The molecule has 0 bridgehead atoms. The third-order valence-electron chi connectivity index (χ3n) is 4.39. The standard InChI is InChI=1S/C23H23FN4O2S/c1-15-12-16(2)26-23(25-15)31-14-18-6-9-19(10-7-18)22(30)28-27-21(29)11-8-17-4-3-5-20(24)13-17/h3-7,9-10,12-13H,8,11,14H2,1-2H3,(H,27,29)(H,28,30). The second kappa shape index (κ2) is 10.7. The molecule has 2 N–H and O–H groups in total. The Bertz CT molecular complexity index is 1050. The molecule has 3 aromatic rings. The molecule has 1 heterocycles. The smallest absolute Gasteiger partial charge is 0.269 e. The summed E-state index contributed by atoms with van der Waals surface area (Å²) in [7, 11) is 0. The normalized spacial score (nSPS) is 10.5. The van der Waals surface area contributed by atoms with Crippen LogP contribution in [0.4, 0.5) is 4.39 Å². The van der Waals surface area contributed by atoms with E-state index in [0.29, 0.717) is 17.7 Å². The number of aryl methyl sites for hydroxylation is 3. The first kappa shape index (κ1) is 22.4. The third-order valence-corrected chi connectivity index (χ3v) is 5.31. The average Bonchev–Trinajstić information content (AvgIpc) is 2.74. The van der Waals surface area contributed by atoms with Crippen molar-refractivity contribution in [2.24, 2.45) is 0 Å². The minimum Gasteiger partial charge on any atom is -0.273 e. The van der Waals surface area contributed by atoms with Crippen LogP contribution in [-0.4, -0.2) is 21.8 Å². The molecule has 0 saturated heterocycles. The van der Waals surface area contributed by atoms with E-state index in [1.54, 1.807) is 24.3 Å². The van der Waals surface area contributed by atoms with E-state index in [2.05, 4.69) is 20.8 Å². The van der Waals surface area contributed by atoms with E-state index in [9.17, 15) is 14.0 Å². The summed E-state index contributed by atoms with van der Waals surface area (Å²) >= 11 is 1.53. The van der Waals surface area contributed by atoms with Crippen molar-refractivity contribution in [2.75, 3.05) is 0 Å². The Kier molecular flexibility index (Phi) is 7.72. The lowest BCUT2D eigenvalue weighted by atomic mass is 10.1. The molecule has 2 aromatic carbocycles. The van der Waals surface area contributed by atoms with Gasteiger partial charge < -0.3 is 0 Å². The minimum atomic E-state index is -0.407. The van der Waals surface area contributed by atoms with Crippen LogP contribution in [0.3, 0.4) is 0 Å². The Balaban J connectivity index is 1.44. The van der Waals surface area contributed by atoms with Gasteiger partial charge in [-0.1, -0.05) is 36.0 Å². The predicted molar refractivity (Wildman–Crippen MR) is 118 cm³/mol. The number of nitrogens with one attached hydrogen (secondary N) is 2. The van der Waals surface area contributed by atoms with E-state index in [4.69, 9.17) is 0 Å². The Labute approximate surface area is 184 Å². The summed E-state index contributed by atoms with van der Waals surface area (Å²) in [4.78, 5) is 33.0. The van der Waals surface area contributed by atoms with Gasteiger partial charge in [0.1, 0.15) is 5.82 Å². The van der Waals surface area contributed by atoms with Gasteiger partial charge in [0.15, 0.2) is 5.16 Å². The first-order valence-corrected chi connectivity index (χ1v) is 10.8. The molecule has 2 amide bonds. The molecule has 0 saturated carbocycles. The van der Waals surface area contributed by atoms with E-state index in [1.807, 2.05) is 32.0 Å². The summed E-state index contributed by atoms with van der Waals surface area (Å²) in [6.07, 6.45) is 0.524. The zero-order valence-corrected chi connectivity index (χ0v) is 18.1. The molecule has 6 nitrogen and oxygen atoms in total. The molecular weight excluding hydrogens is 415 g/mol. The highest BCUT2D eigenvalue weighted by molar-refractivity contribution is 7.98. The Morgan fingerprint density at radius 3 is 2.32 bits per heavy atom. The quantitative estimate of drug-likeness (QED) is 0.332. The van der Waals surface area contributed by atoms with Gasteiger partial charge in [-0.15, -0.1) is 0 Å². The largest absolute Gasteiger partial charge is 0.273 e. The summed E-state index contributed by atoms with van der Waals surface area (Å²) in [6.45, 7) is 3.87. The molecular formula is C23H23FN4O2S. The molecule has 31 heavy (non-hydrogen) atoms. The Morgan fingerprint density at radius 2 is 1.65 bits per heavy atom. The van der Waals surface area contributed by atoms with Gasteiger partial charge >= 0.3 is 0 Å². The minimum absolute atomic E-state index is 0.139. The van der Waals surface area contributed by atoms with Crippen molar-refractivity contribution >= 4 is 23.6 Å². The fourth-order valence-corrected chi connectivity index (χ4v) is 3.78. The maximum absolute atomic E-state index is 13.2. The van der Waals surface area contributed by atoms with Crippen LogP contribution in [-0.2, 0) is 17.0 Å². The number of carbonyl (C=O) groups is 2. The number of benzene rings is 2. The lowest BCUT2D eigenvalue weighted by molar-refractivity contribution is -0.121. The highest BCUT2D eigenvalue weighted by atomic mass is 32.2. The summed E-state index contributed by atoms with van der Waals surface area (Å²) in [5, 5.41) is 0.722. The number of carbonyl (C=O) groups excluding carboxylic acids is 2. The number of hydrogen-bond acceptors (Lipinski definition) is 5. The van der Waals surface area contributed by atoms with Gasteiger partial charge in [-0.3, -0.25) is 20.4 Å². The molecule has 0 aliphatic rings. The van der Waals surface area contributed by atoms with E-state index in [0.717, 1.165) is 27.7 Å². The zero-order valence-electron chi connectivity index (χ0n) is 17.3. The van der Waals surface area contributed by atoms with Crippen molar-refractivity contribution in [3.05, 3.63) is 88.5 Å². The summed E-state index contributed by atoms with van der Waals surface area (Å²) in [6, 6.07) is 15.1. The zero-order chi connectivity index (χ0) is 22.2. The van der Waals surface area contributed by atoms with Gasteiger partial charge in [-0.25, -0.2) is 14.4 Å². The number of aromatic nitrogens is 2. The van der Waals surface area contributed by atoms with Crippen molar-refractivity contribution in [1.82, 2.24) is 20.8 Å². The molecule has 3 rings (SSSR count). The van der Waals surface area contributed by atoms with Crippen LogP contribution < -0.4 is 10.9 Å². The van der Waals surface area contributed by atoms with Crippen molar-refractivity contribution < 1.29 is 14.0 Å². The van der Waals surface area contributed by atoms with Crippen LogP contribution in [0, 0.1) is 19.7 Å². The van der Waals surface area contributed by atoms with Crippen molar-refractivity contribution in [2.45, 2.75) is 37.6 Å². The van der Waals surface area contributed by atoms with Gasteiger partial charge in [-0.2, -0.15) is 0 Å². The van der Waals surface area contributed by atoms with Crippen molar-refractivity contribution in [3.63, 3.8) is 0 Å². The number of hydrazine groups is 1. The number of nitrogens with zero attached hydrogens (tertiary/aromatic N) is 2. The highest BCUT2D eigenvalue weighted by Crippen LogP contribution is 2.20. The first-order chi connectivity index (χ1) is 14.9. The number of rotatable bonds is 7. The first-order valence-electron chi connectivity index (χ1n) is 9.77. The predicted octanol–water partition coefficient (Wildman–Crippen LogP) is 3.92.